The van der Waals surface area contributed by atoms with Crippen molar-refractivity contribution in [2.45, 2.75) is 32.9 Å². The number of aromatic amines is 1. The number of anilines is 1. The first-order valence-corrected chi connectivity index (χ1v) is 7.84. The number of ether oxygens (including phenoxy) is 2. The molecule has 0 bridgehead atoms. The lowest BCUT2D eigenvalue weighted by Gasteiger charge is -2.19. The first-order valence-electron chi connectivity index (χ1n) is 7.84. The summed E-state index contributed by atoms with van der Waals surface area (Å²) in [6.07, 6.45) is 3.02. The molecule has 7 nitrogen and oxygen atoms in total. The van der Waals surface area contributed by atoms with E-state index >= 15 is 0 Å². The molecule has 1 aromatic heterocycles. The van der Waals surface area contributed by atoms with Gasteiger partial charge in [-0.1, -0.05) is 6.07 Å². The number of hydrogen-bond acceptors (Lipinski definition) is 5. The SMILES string of the molecule is CC(C)(C)OC(=O)Nc1cccc(OCCNCc2ncc[nH]2)c1. The van der Waals surface area contributed by atoms with Crippen molar-refractivity contribution < 1.29 is 14.3 Å². The number of rotatable bonds is 7. The van der Waals surface area contributed by atoms with E-state index < -0.39 is 11.7 Å². The van der Waals surface area contributed by atoms with Crippen LogP contribution in [0.15, 0.2) is 36.7 Å². The van der Waals surface area contributed by atoms with E-state index in [1.165, 1.54) is 0 Å². The van der Waals surface area contributed by atoms with Gasteiger partial charge in [-0.3, -0.25) is 5.32 Å². The van der Waals surface area contributed by atoms with Crippen LogP contribution in [0.25, 0.3) is 0 Å². The second kappa shape index (κ2) is 8.35. The molecular formula is C17H24N4O3. The average Bonchev–Trinajstić information content (AvgIpc) is 2.98. The number of aromatic nitrogens is 2. The third-order valence-electron chi connectivity index (χ3n) is 2.87. The summed E-state index contributed by atoms with van der Waals surface area (Å²) in [5.74, 6) is 1.57. The molecule has 0 spiro atoms. The maximum absolute atomic E-state index is 11.8. The Hall–Kier alpha value is -2.54. The maximum atomic E-state index is 11.8. The lowest BCUT2D eigenvalue weighted by Crippen LogP contribution is -2.27. The van der Waals surface area contributed by atoms with E-state index in [9.17, 15) is 4.79 Å². The van der Waals surface area contributed by atoms with Gasteiger partial charge < -0.3 is 19.8 Å². The Kier molecular flexibility index (Phi) is 6.20. The predicted octanol–water partition coefficient (Wildman–Crippen LogP) is 2.93. The number of benzene rings is 1. The van der Waals surface area contributed by atoms with Crippen molar-refractivity contribution >= 4 is 11.8 Å². The summed E-state index contributed by atoms with van der Waals surface area (Å²) in [5.41, 5.74) is 0.1000. The van der Waals surface area contributed by atoms with E-state index in [0.717, 1.165) is 5.82 Å². The van der Waals surface area contributed by atoms with Gasteiger partial charge in [0.25, 0.3) is 0 Å². The van der Waals surface area contributed by atoms with Crippen LogP contribution in [0, 0.1) is 0 Å². The maximum Gasteiger partial charge on any atom is 0.412 e. The van der Waals surface area contributed by atoms with Gasteiger partial charge in [0.2, 0.25) is 0 Å². The molecule has 0 unspecified atom stereocenters. The second-order valence-electron chi connectivity index (χ2n) is 6.22. The Bertz CT molecular complexity index is 636. The van der Waals surface area contributed by atoms with E-state index in [2.05, 4.69) is 20.6 Å². The molecule has 1 aromatic carbocycles. The largest absolute Gasteiger partial charge is 0.492 e. The van der Waals surface area contributed by atoms with Gasteiger partial charge in [0, 0.05) is 30.7 Å². The van der Waals surface area contributed by atoms with Gasteiger partial charge in [0.1, 0.15) is 23.8 Å². The van der Waals surface area contributed by atoms with Crippen molar-refractivity contribution in [3.05, 3.63) is 42.5 Å². The summed E-state index contributed by atoms with van der Waals surface area (Å²) in [4.78, 5) is 18.9. The minimum absolute atomic E-state index is 0.486. The molecule has 7 heteroatoms. The standard InChI is InChI=1S/C17H24N4O3/c1-17(2,3)24-16(22)21-13-5-4-6-14(11-13)23-10-9-18-12-15-19-7-8-20-15/h4-8,11,18H,9-10,12H2,1-3H3,(H,19,20)(H,21,22). The van der Waals surface area contributed by atoms with E-state index in [1.54, 1.807) is 24.5 Å². The fourth-order valence-electron chi connectivity index (χ4n) is 1.93. The molecule has 0 radical (unpaired) electrons. The molecule has 130 valence electrons. The number of amides is 1. The van der Waals surface area contributed by atoms with Gasteiger partial charge in [-0.15, -0.1) is 0 Å². The van der Waals surface area contributed by atoms with Crippen molar-refractivity contribution in [2.75, 3.05) is 18.5 Å². The summed E-state index contributed by atoms with van der Waals surface area (Å²) in [6.45, 7) is 7.32. The van der Waals surface area contributed by atoms with E-state index in [0.29, 0.717) is 31.1 Å². The van der Waals surface area contributed by atoms with Crippen LogP contribution >= 0.6 is 0 Å². The Morgan fingerprint density at radius 1 is 1.33 bits per heavy atom. The van der Waals surface area contributed by atoms with Crippen LogP contribution in [-0.4, -0.2) is 34.8 Å². The molecule has 0 saturated carbocycles. The van der Waals surface area contributed by atoms with E-state index in [1.807, 2.05) is 32.9 Å². The zero-order valence-corrected chi connectivity index (χ0v) is 14.3. The number of nitrogens with one attached hydrogen (secondary N) is 3. The first kappa shape index (κ1) is 17.8. The summed E-state index contributed by atoms with van der Waals surface area (Å²) >= 11 is 0. The number of imidazole rings is 1. The monoisotopic (exact) mass is 332 g/mol. The van der Waals surface area contributed by atoms with Gasteiger partial charge in [0.15, 0.2) is 0 Å². The normalized spacial score (nSPS) is 11.1. The summed E-state index contributed by atoms with van der Waals surface area (Å²) in [7, 11) is 0. The molecule has 2 rings (SSSR count). The van der Waals surface area contributed by atoms with Gasteiger partial charge >= 0.3 is 6.09 Å². The highest BCUT2D eigenvalue weighted by molar-refractivity contribution is 5.85. The van der Waals surface area contributed by atoms with Gasteiger partial charge in [-0.25, -0.2) is 9.78 Å². The summed E-state index contributed by atoms with van der Waals surface area (Å²) in [6, 6.07) is 7.20. The second-order valence-corrected chi connectivity index (χ2v) is 6.22. The zero-order valence-electron chi connectivity index (χ0n) is 14.3. The lowest BCUT2D eigenvalue weighted by atomic mass is 10.2. The smallest absolute Gasteiger partial charge is 0.412 e. The Balaban J connectivity index is 1.72. The molecule has 0 aliphatic heterocycles. The van der Waals surface area contributed by atoms with Crippen LogP contribution in [-0.2, 0) is 11.3 Å². The number of nitrogens with zero attached hydrogens (tertiary/aromatic N) is 1. The summed E-state index contributed by atoms with van der Waals surface area (Å²) < 4.78 is 10.9. The first-order chi connectivity index (χ1) is 11.4. The minimum atomic E-state index is -0.530. The number of H-pyrrole nitrogens is 1. The molecule has 1 heterocycles. The minimum Gasteiger partial charge on any atom is -0.492 e. The molecule has 3 N–H and O–H groups in total. The molecule has 2 aromatic rings. The van der Waals surface area contributed by atoms with Gasteiger partial charge in [0.05, 0.1) is 6.54 Å². The van der Waals surface area contributed by atoms with Crippen molar-refractivity contribution in [1.82, 2.24) is 15.3 Å². The molecule has 0 fully saturated rings. The van der Waals surface area contributed by atoms with Gasteiger partial charge in [-0.05, 0) is 32.9 Å². The van der Waals surface area contributed by atoms with Crippen LogP contribution in [0.2, 0.25) is 0 Å². The molecule has 0 aliphatic rings. The Labute approximate surface area is 141 Å². The fourth-order valence-corrected chi connectivity index (χ4v) is 1.93. The van der Waals surface area contributed by atoms with Crippen molar-refractivity contribution in [1.29, 1.82) is 0 Å². The molecule has 0 saturated heterocycles. The molecular weight excluding hydrogens is 308 g/mol. The number of hydrogen-bond donors (Lipinski definition) is 3. The highest BCUT2D eigenvalue weighted by atomic mass is 16.6. The van der Waals surface area contributed by atoms with Crippen LogP contribution in [0.1, 0.15) is 26.6 Å². The number of carbonyl (C=O) groups is 1. The summed E-state index contributed by atoms with van der Waals surface area (Å²) in [5, 5.41) is 5.91. The van der Waals surface area contributed by atoms with Crippen molar-refractivity contribution in [3.63, 3.8) is 0 Å². The quantitative estimate of drug-likeness (QED) is 0.679. The predicted molar refractivity (Wildman–Crippen MR) is 92.1 cm³/mol. The van der Waals surface area contributed by atoms with Crippen molar-refractivity contribution in [3.8, 4) is 5.75 Å². The van der Waals surface area contributed by atoms with E-state index in [4.69, 9.17) is 9.47 Å². The molecule has 0 atom stereocenters. The van der Waals surface area contributed by atoms with Crippen LogP contribution < -0.4 is 15.4 Å². The fraction of sp³-hybridized carbons (Fsp3) is 0.412. The van der Waals surface area contributed by atoms with Gasteiger partial charge in [-0.2, -0.15) is 0 Å². The van der Waals surface area contributed by atoms with Crippen LogP contribution in [0.3, 0.4) is 0 Å². The third-order valence-corrected chi connectivity index (χ3v) is 2.87. The molecule has 0 aliphatic carbocycles. The lowest BCUT2D eigenvalue weighted by molar-refractivity contribution is 0.0636. The third kappa shape index (κ3) is 6.70. The molecule has 24 heavy (non-hydrogen) atoms. The van der Waals surface area contributed by atoms with Crippen molar-refractivity contribution in [2.24, 2.45) is 0 Å². The topological polar surface area (TPSA) is 88.3 Å². The average molecular weight is 332 g/mol. The van der Waals surface area contributed by atoms with Crippen LogP contribution in [0.5, 0.6) is 5.75 Å². The zero-order chi connectivity index (χ0) is 17.4. The van der Waals surface area contributed by atoms with E-state index in [-0.39, 0.29) is 0 Å². The Morgan fingerprint density at radius 2 is 2.17 bits per heavy atom. The molecule has 1 amide bonds. The Morgan fingerprint density at radius 3 is 2.88 bits per heavy atom. The van der Waals surface area contributed by atoms with Crippen LogP contribution in [0.4, 0.5) is 10.5 Å². The highest BCUT2D eigenvalue weighted by Crippen LogP contribution is 2.18. The number of carbonyl (C=O) groups excluding carboxylic acids is 1. The highest BCUT2D eigenvalue weighted by Gasteiger charge is 2.16.